The fourth-order valence-corrected chi connectivity index (χ4v) is 3.43. The van der Waals surface area contributed by atoms with E-state index in [9.17, 15) is 0 Å². The van der Waals surface area contributed by atoms with Crippen LogP contribution in [0.3, 0.4) is 0 Å². The van der Waals surface area contributed by atoms with Gasteiger partial charge in [0.15, 0.2) is 0 Å². The molecule has 2 atom stereocenters. The van der Waals surface area contributed by atoms with E-state index in [0.717, 1.165) is 30.8 Å². The van der Waals surface area contributed by atoms with Crippen LogP contribution in [0.25, 0.3) is 11.4 Å². The molecule has 1 aliphatic rings. The number of likely N-dealkylation sites (tertiary alicyclic amines) is 1. The number of ether oxygens (including phenoxy) is 1. The van der Waals surface area contributed by atoms with Gasteiger partial charge in [-0.1, -0.05) is 11.2 Å². The van der Waals surface area contributed by atoms with E-state index in [1.807, 2.05) is 36.5 Å². The molecule has 140 valence electrons. The van der Waals surface area contributed by atoms with Crippen LogP contribution in [0.4, 0.5) is 0 Å². The van der Waals surface area contributed by atoms with Crippen molar-refractivity contribution in [2.45, 2.75) is 25.0 Å². The molecule has 4 rings (SSSR count). The molecule has 3 heterocycles. The Morgan fingerprint density at radius 2 is 2.11 bits per heavy atom. The molecule has 1 fully saturated rings. The van der Waals surface area contributed by atoms with Crippen molar-refractivity contribution in [3.63, 3.8) is 0 Å². The standard InChI is InChI=1S/C20H23N5O2/c1-25-13-16(22-12-14-4-3-9-21-11-14)10-18(25)20-23-19(24-27-20)15-5-7-17(26-2)8-6-15/h3-9,11,16,18,22H,10,12-13H2,1-2H3. The molecule has 1 saturated heterocycles. The van der Waals surface area contributed by atoms with Gasteiger partial charge in [0, 0.05) is 37.1 Å². The number of likely N-dealkylation sites (N-methyl/N-ethyl adjacent to an activating group) is 1. The van der Waals surface area contributed by atoms with Crippen LogP contribution in [0.1, 0.15) is 23.9 Å². The van der Waals surface area contributed by atoms with Gasteiger partial charge < -0.3 is 14.6 Å². The first-order valence-electron chi connectivity index (χ1n) is 9.03. The quantitative estimate of drug-likeness (QED) is 0.720. The number of nitrogens with zero attached hydrogens (tertiary/aromatic N) is 4. The third-order valence-corrected chi connectivity index (χ3v) is 4.94. The van der Waals surface area contributed by atoms with Gasteiger partial charge in [0.2, 0.25) is 11.7 Å². The van der Waals surface area contributed by atoms with Gasteiger partial charge >= 0.3 is 0 Å². The van der Waals surface area contributed by atoms with Crippen molar-refractivity contribution in [3.05, 3.63) is 60.2 Å². The molecule has 2 aromatic heterocycles. The fourth-order valence-electron chi connectivity index (χ4n) is 3.43. The minimum Gasteiger partial charge on any atom is -0.497 e. The smallest absolute Gasteiger partial charge is 0.244 e. The Morgan fingerprint density at radius 3 is 2.85 bits per heavy atom. The molecule has 7 nitrogen and oxygen atoms in total. The summed E-state index contributed by atoms with van der Waals surface area (Å²) in [6, 6.07) is 12.2. The topological polar surface area (TPSA) is 76.3 Å². The number of aromatic nitrogens is 3. The highest BCUT2D eigenvalue weighted by Gasteiger charge is 2.34. The Morgan fingerprint density at radius 1 is 1.26 bits per heavy atom. The van der Waals surface area contributed by atoms with Crippen LogP contribution in [0, 0.1) is 0 Å². The van der Waals surface area contributed by atoms with E-state index in [4.69, 9.17) is 9.26 Å². The maximum absolute atomic E-state index is 5.57. The van der Waals surface area contributed by atoms with Gasteiger partial charge in [-0.05, 0) is 49.4 Å². The third kappa shape index (κ3) is 3.99. The molecule has 0 saturated carbocycles. The number of nitrogens with one attached hydrogen (secondary N) is 1. The minimum atomic E-state index is 0.121. The summed E-state index contributed by atoms with van der Waals surface area (Å²) in [5, 5.41) is 7.75. The number of methoxy groups -OCH3 is 1. The van der Waals surface area contributed by atoms with Crippen molar-refractivity contribution in [2.75, 3.05) is 20.7 Å². The van der Waals surface area contributed by atoms with Crippen molar-refractivity contribution in [2.24, 2.45) is 0 Å². The second kappa shape index (κ2) is 7.85. The molecule has 0 bridgehead atoms. The first kappa shape index (κ1) is 17.6. The second-order valence-electron chi connectivity index (χ2n) is 6.81. The lowest BCUT2D eigenvalue weighted by Gasteiger charge is -2.14. The Labute approximate surface area is 158 Å². The summed E-state index contributed by atoms with van der Waals surface area (Å²) in [5.41, 5.74) is 2.10. The second-order valence-corrected chi connectivity index (χ2v) is 6.81. The molecule has 1 aliphatic heterocycles. The van der Waals surface area contributed by atoms with Crippen molar-refractivity contribution in [3.8, 4) is 17.1 Å². The number of hydrogen-bond acceptors (Lipinski definition) is 7. The lowest BCUT2D eigenvalue weighted by molar-refractivity contribution is 0.244. The summed E-state index contributed by atoms with van der Waals surface area (Å²) in [6.45, 7) is 1.74. The number of benzene rings is 1. The largest absolute Gasteiger partial charge is 0.497 e. The molecule has 2 unspecified atom stereocenters. The molecule has 27 heavy (non-hydrogen) atoms. The van der Waals surface area contributed by atoms with Gasteiger partial charge in [-0.3, -0.25) is 9.88 Å². The van der Waals surface area contributed by atoms with Gasteiger partial charge in [-0.2, -0.15) is 4.98 Å². The maximum atomic E-state index is 5.57. The molecule has 1 aromatic carbocycles. The van der Waals surface area contributed by atoms with Gasteiger partial charge in [-0.25, -0.2) is 0 Å². The summed E-state index contributed by atoms with van der Waals surface area (Å²) in [7, 11) is 3.74. The lowest BCUT2D eigenvalue weighted by Crippen LogP contribution is -2.30. The van der Waals surface area contributed by atoms with Gasteiger partial charge in [0.25, 0.3) is 0 Å². The molecule has 0 spiro atoms. The molecule has 3 aromatic rings. The Hall–Kier alpha value is -2.77. The normalized spacial score (nSPS) is 20.1. The zero-order valence-corrected chi connectivity index (χ0v) is 15.5. The van der Waals surface area contributed by atoms with Crippen LogP contribution in [-0.2, 0) is 6.54 Å². The van der Waals surface area contributed by atoms with Crippen LogP contribution >= 0.6 is 0 Å². The van der Waals surface area contributed by atoms with E-state index in [1.165, 1.54) is 5.56 Å². The molecule has 0 radical (unpaired) electrons. The summed E-state index contributed by atoms with van der Waals surface area (Å²) < 4.78 is 10.8. The highest BCUT2D eigenvalue weighted by Crippen LogP contribution is 2.31. The van der Waals surface area contributed by atoms with Crippen molar-refractivity contribution in [1.82, 2.24) is 25.3 Å². The fraction of sp³-hybridized carbons (Fsp3) is 0.350. The van der Waals surface area contributed by atoms with Crippen LogP contribution < -0.4 is 10.1 Å². The Balaban J connectivity index is 1.40. The van der Waals surface area contributed by atoms with E-state index >= 15 is 0 Å². The zero-order chi connectivity index (χ0) is 18.6. The van der Waals surface area contributed by atoms with Crippen molar-refractivity contribution in [1.29, 1.82) is 0 Å². The highest BCUT2D eigenvalue weighted by atomic mass is 16.5. The molecular formula is C20H23N5O2. The van der Waals surface area contributed by atoms with Crippen LogP contribution in [-0.4, -0.2) is 46.8 Å². The molecular weight excluding hydrogens is 342 g/mol. The summed E-state index contributed by atoms with van der Waals surface area (Å²) in [5.74, 6) is 2.07. The Kier molecular flexibility index (Phi) is 5.13. The van der Waals surface area contributed by atoms with Gasteiger partial charge in [0.05, 0.1) is 13.2 Å². The molecule has 0 aliphatic carbocycles. The van der Waals surface area contributed by atoms with Crippen LogP contribution in [0.2, 0.25) is 0 Å². The monoisotopic (exact) mass is 365 g/mol. The number of pyridine rings is 1. The predicted molar refractivity (Wildman–Crippen MR) is 101 cm³/mol. The summed E-state index contributed by atoms with van der Waals surface area (Å²) in [6.07, 6.45) is 4.61. The number of rotatable bonds is 6. The van der Waals surface area contributed by atoms with Crippen molar-refractivity contribution >= 4 is 0 Å². The predicted octanol–water partition coefficient (Wildman–Crippen LogP) is 2.68. The molecule has 1 N–H and O–H groups in total. The zero-order valence-electron chi connectivity index (χ0n) is 15.5. The van der Waals surface area contributed by atoms with Crippen LogP contribution in [0.15, 0.2) is 53.3 Å². The summed E-state index contributed by atoms with van der Waals surface area (Å²) >= 11 is 0. The highest BCUT2D eigenvalue weighted by molar-refractivity contribution is 5.55. The van der Waals surface area contributed by atoms with Crippen molar-refractivity contribution < 1.29 is 9.26 Å². The first-order chi connectivity index (χ1) is 13.2. The SMILES string of the molecule is COc1ccc(-c2noc(C3CC(NCc4cccnc4)CN3C)n2)cc1. The van der Waals surface area contributed by atoms with E-state index in [-0.39, 0.29) is 6.04 Å². The van der Waals surface area contributed by atoms with Crippen LogP contribution in [0.5, 0.6) is 5.75 Å². The molecule has 7 heteroatoms. The van der Waals surface area contributed by atoms with E-state index in [2.05, 4.69) is 38.5 Å². The van der Waals surface area contributed by atoms with E-state index < -0.39 is 0 Å². The average molecular weight is 365 g/mol. The van der Waals surface area contributed by atoms with E-state index in [1.54, 1.807) is 13.3 Å². The first-order valence-corrected chi connectivity index (χ1v) is 9.03. The Bertz CT molecular complexity index is 866. The lowest BCUT2D eigenvalue weighted by atomic mass is 10.1. The van der Waals surface area contributed by atoms with Gasteiger partial charge in [-0.15, -0.1) is 0 Å². The number of hydrogen-bond donors (Lipinski definition) is 1. The minimum absolute atomic E-state index is 0.121. The summed E-state index contributed by atoms with van der Waals surface area (Å²) in [4.78, 5) is 11.0. The van der Waals surface area contributed by atoms with E-state index in [0.29, 0.717) is 17.8 Å². The van der Waals surface area contributed by atoms with Gasteiger partial charge in [0.1, 0.15) is 5.75 Å². The average Bonchev–Trinajstić information content (AvgIpc) is 3.34. The molecule has 0 amide bonds. The maximum Gasteiger partial charge on any atom is 0.244 e. The third-order valence-electron chi connectivity index (χ3n) is 4.94.